The third-order valence-corrected chi connectivity index (χ3v) is 6.95. The summed E-state index contributed by atoms with van der Waals surface area (Å²) < 4.78 is 7.99. The number of halogens is 1. The fraction of sp³-hybridized carbons (Fsp3) is 0.269. The van der Waals surface area contributed by atoms with Crippen molar-refractivity contribution in [3.63, 3.8) is 0 Å². The van der Waals surface area contributed by atoms with E-state index in [1.807, 2.05) is 34.9 Å². The number of aromatic nitrogens is 1. The van der Waals surface area contributed by atoms with Crippen LogP contribution >= 0.6 is 15.9 Å². The fourth-order valence-corrected chi connectivity index (χ4v) is 4.94. The number of rotatable bonds is 5. The summed E-state index contributed by atoms with van der Waals surface area (Å²) >= 11 is 3.50. The molecule has 3 aromatic carbocycles. The highest BCUT2D eigenvalue weighted by molar-refractivity contribution is 9.10. The van der Waals surface area contributed by atoms with Crippen LogP contribution in [-0.4, -0.2) is 68.2 Å². The summed E-state index contributed by atoms with van der Waals surface area (Å²) in [5.41, 5.74) is 2.25. The van der Waals surface area contributed by atoms with Gasteiger partial charge in [0.05, 0.1) is 17.7 Å². The van der Waals surface area contributed by atoms with Gasteiger partial charge in [-0.05, 0) is 34.5 Å². The second kappa shape index (κ2) is 9.69. The van der Waals surface area contributed by atoms with E-state index in [0.29, 0.717) is 17.5 Å². The number of aliphatic hydroxyl groups excluding tert-OH is 4. The fourth-order valence-electron chi connectivity index (χ4n) is 4.59. The van der Waals surface area contributed by atoms with Crippen LogP contribution in [0.4, 0.5) is 0 Å². The molecule has 1 aliphatic rings. The van der Waals surface area contributed by atoms with Gasteiger partial charge in [-0.25, -0.2) is 0 Å². The van der Waals surface area contributed by atoms with E-state index in [1.165, 1.54) is 0 Å². The van der Waals surface area contributed by atoms with Gasteiger partial charge in [0.15, 0.2) is 6.29 Å². The standard InChI is InChI=1S/C26H25BrN2O6/c27-17-7-8-18-19(25(33)28-22-24(32)23(31)21(13-30)35-26(22)34)12-29(20(18)10-17)11-14-5-6-15-3-1-2-4-16(15)9-14/h1-10,12,21-24,26,30-32,34H,11,13H2,(H,28,33)/t21-,22-,23-,24-,26?/m1/s1. The minimum atomic E-state index is -1.59. The average Bonchev–Trinajstić information content (AvgIpc) is 3.21. The highest BCUT2D eigenvalue weighted by Crippen LogP contribution is 2.28. The quantitative estimate of drug-likeness (QED) is 0.264. The second-order valence-corrected chi connectivity index (χ2v) is 9.66. The van der Waals surface area contributed by atoms with Crippen LogP contribution in [0.2, 0.25) is 0 Å². The molecule has 5 atom stereocenters. The van der Waals surface area contributed by atoms with E-state index in [0.717, 1.165) is 26.3 Å². The monoisotopic (exact) mass is 540 g/mol. The summed E-state index contributed by atoms with van der Waals surface area (Å²) in [5.74, 6) is -0.532. The van der Waals surface area contributed by atoms with E-state index in [-0.39, 0.29) is 0 Å². The lowest BCUT2D eigenvalue weighted by Crippen LogP contribution is -2.64. The topological polar surface area (TPSA) is 124 Å². The van der Waals surface area contributed by atoms with Crippen LogP contribution in [0.25, 0.3) is 21.7 Å². The zero-order valence-corrected chi connectivity index (χ0v) is 20.2. The number of carbonyl (C=O) groups excluding carboxylic acids is 1. The van der Waals surface area contributed by atoms with E-state index in [2.05, 4.69) is 51.6 Å². The molecule has 5 N–H and O–H groups in total. The molecular formula is C26H25BrN2O6. The Kier molecular flexibility index (Phi) is 6.63. The van der Waals surface area contributed by atoms with Crippen molar-refractivity contribution >= 4 is 43.5 Å². The summed E-state index contributed by atoms with van der Waals surface area (Å²) in [4.78, 5) is 13.3. The summed E-state index contributed by atoms with van der Waals surface area (Å²) in [7, 11) is 0. The number of aliphatic hydroxyl groups is 4. The van der Waals surface area contributed by atoms with Crippen molar-refractivity contribution in [1.29, 1.82) is 0 Å². The molecule has 0 spiro atoms. The molecule has 0 aliphatic carbocycles. The van der Waals surface area contributed by atoms with Gasteiger partial charge in [0.2, 0.25) is 0 Å². The van der Waals surface area contributed by atoms with Crippen molar-refractivity contribution in [2.24, 2.45) is 0 Å². The van der Waals surface area contributed by atoms with Crippen molar-refractivity contribution in [3.05, 3.63) is 82.5 Å². The van der Waals surface area contributed by atoms with E-state index in [9.17, 15) is 25.2 Å². The van der Waals surface area contributed by atoms with Crippen molar-refractivity contribution < 1.29 is 30.0 Å². The van der Waals surface area contributed by atoms with Crippen LogP contribution in [0, 0.1) is 0 Å². The van der Waals surface area contributed by atoms with Gasteiger partial charge in [0, 0.05) is 22.6 Å². The van der Waals surface area contributed by atoms with Crippen molar-refractivity contribution in [1.82, 2.24) is 9.88 Å². The minimum absolute atomic E-state index is 0.353. The molecule has 5 rings (SSSR count). The predicted molar refractivity (Wildman–Crippen MR) is 134 cm³/mol. The number of carbonyl (C=O) groups is 1. The highest BCUT2D eigenvalue weighted by Gasteiger charge is 2.44. The van der Waals surface area contributed by atoms with Gasteiger partial charge in [-0.15, -0.1) is 0 Å². The number of hydrogen-bond acceptors (Lipinski definition) is 6. The van der Waals surface area contributed by atoms with Crippen LogP contribution in [-0.2, 0) is 11.3 Å². The number of benzene rings is 3. The Labute approximate surface area is 209 Å². The zero-order valence-electron chi connectivity index (χ0n) is 18.6. The molecule has 0 radical (unpaired) electrons. The molecule has 8 nitrogen and oxygen atoms in total. The van der Waals surface area contributed by atoms with Crippen LogP contribution in [0.15, 0.2) is 71.3 Å². The number of fused-ring (bicyclic) bond motifs is 2. The number of ether oxygens (including phenoxy) is 1. The van der Waals surface area contributed by atoms with Gasteiger partial charge in [-0.2, -0.15) is 0 Å². The van der Waals surface area contributed by atoms with Crippen molar-refractivity contribution in [2.75, 3.05) is 6.61 Å². The third-order valence-electron chi connectivity index (χ3n) is 6.45. The molecule has 1 fully saturated rings. The van der Waals surface area contributed by atoms with E-state index < -0.39 is 43.2 Å². The Bertz CT molecular complexity index is 1390. The molecule has 1 unspecified atom stereocenters. The predicted octanol–water partition coefficient (Wildman–Crippen LogP) is 2.14. The SMILES string of the molecule is O=C(N[C@H]1C(O)O[C@H](CO)[C@@H](O)[C@@H]1O)c1cn(Cc2ccc3ccccc3c2)c2cc(Br)ccc12. The third kappa shape index (κ3) is 4.58. The van der Waals surface area contributed by atoms with Gasteiger partial charge in [0.1, 0.15) is 24.4 Å². The molecule has 35 heavy (non-hydrogen) atoms. The first-order valence-corrected chi connectivity index (χ1v) is 12.0. The van der Waals surface area contributed by atoms with Crippen molar-refractivity contribution in [2.45, 2.75) is 37.2 Å². The summed E-state index contributed by atoms with van der Waals surface area (Å²) in [5, 5.41) is 45.6. The molecule has 9 heteroatoms. The number of amides is 1. The summed E-state index contributed by atoms with van der Waals surface area (Å²) in [6.07, 6.45) is -3.97. The van der Waals surface area contributed by atoms with E-state index in [1.54, 1.807) is 6.20 Å². The van der Waals surface area contributed by atoms with Crippen molar-refractivity contribution in [3.8, 4) is 0 Å². The Balaban J connectivity index is 1.46. The van der Waals surface area contributed by atoms with Crippen LogP contribution in [0.1, 0.15) is 15.9 Å². The number of hydrogen-bond donors (Lipinski definition) is 5. The first-order valence-electron chi connectivity index (χ1n) is 11.2. The van der Waals surface area contributed by atoms with Crippen LogP contribution in [0.5, 0.6) is 0 Å². The molecular weight excluding hydrogens is 516 g/mol. The number of nitrogens with zero attached hydrogens (tertiary/aromatic N) is 1. The lowest BCUT2D eigenvalue weighted by Gasteiger charge is -2.40. The number of nitrogens with one attached hydrogen (secondary N) is 1. The Morgan fingerprint density at radius 3 is 2.54 bits per heavy atom. The normalized spacial score (nSPS) is 24.7. The molecule has 182 valence electrons. The smallest absolute Gasteiger partial charge is 0.253 e. The molecule has 1 aromatic heterocycles. The second-order valence-electron chi connectivity index (χ2n) is 8.74. The first kappa shape index (κ1) is 23.9. The Morgan fingerprint density at radius 1 is 1.00 bits per heavy atom. The zero-order chi connectivity index (χ0) is 24.7. The molecule has 4 aromatic rings. The first-order chi connectivity index (χ1) is 16.9. The van der Waals surface area contributed by atoms with E-state index >= 15 is 0 Å². The van der Waals surface area contributed by atoms with Crippen LogP contribution in [0.3, 0.4) is 0 Å². The highest BCUT2D eigenvalue weighted by atomic mass is 79.9. The lowest BCUT2D eigenvalue weighted by molar-refractivity contribution is -0.252. The van der Waals surface area contributed by atoms with Gasteiger partial charge in [-0.1, -0.05) is 58.4 Å². The average molecular weight is 541 g/mol. The molecule has 0 bridgehead atoms. The maximum atomic E-state index is 13.3. The maximum absolute atomic E-state index is 13.3. The van der Waals surface area contributed by atoms with Gasteiger partial charge < -0.3 is 35.0 Å². The molecule has 1 amide bonds. The van der Waals surface area contributed by atoms with Gasteiger partial charge in [0.25, 0.3) is 5.91 Å². The van der Waals surface area contributed by atoms with E-state index in [4.69, 9.17) is 4.74 Å². The molecule has 2 heterocycles. The Morgan fingerprint density at radius 2 is 1.77 bits per heavy atom. The summed E-state index contributed by atoms with van der Waals surface area (Å²) in [6.45, 7) is -0.0488. The van der Waals surface area contributed by atoms with Gasteiger partial charge in [-0.3, -0.25) is 4.79 Å². The maximum Gasteiger partial charge on any atom is 0.253 e. The molecule has 0 saturated carbocycles. The Hall–Kier alpha value is -2.79. The van der Waals surface area contributed by atoms with Crippen LogP contribution < -0.4 is 5.32 Å². The summed E-state index contributed by atoms with van der Waals surface area (Å²) in [6, 6.07) is 18.7. The van der Waals surface area contributed by atoms with Gasteiger partial charge >= 0.3 is 0 Å². The largest absolute Gasteiger partial charge is 0.394 e. The molecule has 1 aliphatic heterocycles. The lowest BCUT2D eigenvalue weighted by atomic mass is 9.96. The minimum Gasteiger partial charge on any atom is -0.394 e. The molecule has 1 saturated heterocycles.